The van der Waals surface area contributed by atoms with E-state index < -0.39 is 0 Å². The van der Waals surface area contributed by atoms with Gasteiger partial charge in [-0.1, -0.05) is 11.6 Å². The van der Waals surface area contributed by atoms with E-state index in [1.54, 1.807) is 7.11 Å². The van der Waals surface area contributed by atoms with Crippen molar-refractivity contribution in [2.24, 2.45) is 5.41 Å². The number of hydrogen-bond acceptors (Lipinski definition) is 4. The van der Waals surface area contributed by atoms with Gasteiger partial charge in [0.05, 0.1) is 5.52 Å². The number of methoxy groups -OCH3 is 1. The third kappa shape index (κ3) is 3.90. The van der Waals surface area contributed by atoms with E-state index in [0.717, 1.165) is 67.2 Å². The topological polar surface area (TPSA) is 45.7 Å². The molecule has 4 rings (SSSR count). The van der Waals surface area contributed by atoms with Crippen LogP contribution in [0.15, 0.2) is 30.3 Å². The molecule has 2 aliphatic rings. The molecule has 1 amide bonds. The Kier molecular flexibility index (Phi) is 5.24. The lowest BCUT2D eigenvalue weighted by molar-refractivity contribution is -0.128. The summed E-state index contributed by atoms with van der Waals surface area (Å²) in [7, 11) is 1.71. The number of carbonyl (C=O) groups is 1. The number of benzene rings is 1. The van der Waals surface area contributed by atoms with E-state index in [1.807, 2.05) is 23.1 Å². The van der Waals surface area contributed by atoms with Gasteiger partial charge >= 0.3 is 0 Å². The summed E-state index contributed by atoms with van der Waals surface area (Å²) < 4.78 is 5.12. The van der Waals surface area contributed by atoms with Crippen molar-refractivity contribution in [1.82, 2.24) is 9.88 Å². The molecule has 6 heteroatoms. The number of anilines is 1. The fourth-order valence-electron chi connectivity index (χ4n) is 4.39. The van der Waals surface area contributed by atoms with Crippen LogP contribution in [0.5, 0.6) is 0 Å². The number of hydrogen-bond donors (Lipinski definition) is 0. The van der Waals surface area contributed by atoms with Crippen LogP contribution in [0.4, 0.5) is 5.82 Å². The second kappa shape index (κ2) is 7.64. The maximum Gasteiger partial charge on any atom is 0.223 e. The second-order valence-corrected chi connectivity index (χ2v) is 8.27. The van der Waals surface area contributed by atoms with E-state index >= 15 is 0 Å². The fourth-order valence-corrected chi connectivity index (χ4v) is 4.57. The first kappa shape index (κ1) is 18.5. The van der Waals surface area contributed by atoms with Gasteiger partial charge in [-0.25, -0.2) is 4.98 Å². The van der Waals surface area contributed by atoms with Crippen LogP contribution < -0.4 is 4.90 Å². The highest BCUT2D eigenvalue weighted by molar-refractivity contribution is 6.31. The van der Waals surface area contributed by atoms with Crippen molar-refractivity contribution in [2.45, 2.75) is 25.7 Å². The number of fused-ring (bicyclic) bond motifs is 1. The van der Waals surface area contributed by atoms with Gasteiger partial charge in [-0.3, -0.25) is 4.79 Å². The first-order valence-electron chi connectivity index (χ1n) is 9.67. The van der Waals surface area contributed by atoms with Crippen LogP contribution in [-0.4, -0.2) is 55.7 Å². The molecular weight excluding hydrogens is 362 g/mol. The first-order valence-corrected chi connectivity index (χ1v) is 10.0. The number of pyridine rings is 1. The SMILES string of the molecule is COCCCN1CC2(CCN(c3ccc4cc(Cl)ccc4n3)CC2)CC1=O. The molecule has 0 bridgehead atoms. The van der Waals surface area contributed by atoms with Gasteiger partial charge in [0.25, 0.3) is 0 Å². The monoisotopic (exact) mass is 387 g/mol. The quantitative estimate of drug-likeness (QED) is 0.733. The van der Waals surface area contributed by atoms with E-state index in [-0.39, 0.29) is 5.41 Å². The van der Waals surface area contributed by atoms with Crippen molar-refractivity contribution in [3.05, 3.63) is 35.4 Å². The van der Waals surface area contributed by atoms with Crippen molar-refractivity contribution in [2.75, 3.05) is 44.8 Å². The first-order chi connectivity index (χ1) is 13.1. The molecule has 0 aliphatic carbocycles. The van der Waals surface area contributed by atoms with Gasteiger partial charge in [0.1, 0.15) is 5.82 Å². The molecule has 27 heavy (non-hydrogen) atoms. The van der Waals surface area contributed by atoms with E-state index in [9.17, 15) is 4.79 Å². The van der Waals surface area contributed by atoms with Crippen LogP contribution in [-0.2, 0) is 9.53 Å². The van der Waals surface area contributed by atoms with Crippen LogP contribution in [0, 0.1) is 5.41 Å². The van der Waals surface area contributed by atoms with Gasteiger partial charge in [-0.15, -0.1) is 0 Å². The van der Waals surface area contributed by atoms with Gasteiger partial charge in [-0.2, -0.15) is 0 Å². The van der Waals surface area contributed by atoms with Gasteiger partial charge in [0.2, 0.25) is 5.91 Å². The minimum atomic E-state index is 0.144. The molecule has 0 atom stereocenters. The zero-order valence-electron chi connectivity index (χ0n) is 15.8. The van der Waals surface area contributed by atoms with Gasteiger partial charge in [0.15, 0.2) is 0 Å². The predicted octanol–water partition coefficient (Wildman–Crippen LogP) is 3.74. The summed E-state index contributed by atoms with van der Waals surface area (Å²) >= 11 is 6.06. The molecule has 1 spiro atoms. The molecular formula is C21H26ClN3O2. The summed E-state index contributed by atoms with van der Waals surface area (Å²) in [6.45, 7) is 4.32. The highest BCUT2D eigenvalue weighted by Gasteiger charge is 2.44. The van der Waals surface area contributed by atoms with Crippen LogP contribution in [0.25, 0.3) is 10.9 Å². The molecule has 1 aromatic heterocycles. The molecule has 5 nitrogen and oxygen atoms in total. The van der Waals surface area contributed by atoms with E-state index in [4.69, 9.17) is 21.3 Å². The van der Waals surface area contributed by atoms with E-state index in [0.29, 0.717) is 18.9 Å². The van der Waals surface area contributed by atoms with Gasteiger partial charge in [0, 0.05) is 62.1 Å². The number of ether oxygens (including phenoxy) is 1. The molecule has 1 aromatic carbocycles. The summed E-state index contributed by atoms with van der Waals surface area (Å²) in [5.74, 6) is 1.32. The lowest BCUT2D eigenvalue weighted by Gasteiger charge is -2.39. The smallest absolute Gasteiger partial charge is 0.223 e. The Hall–Kier alpha value is -1.85. The number of carbonyl (C=O) groups excluding carboxylic acids is 1. The summed E-state index contributed by atoms with van der Waals surface area (Å²) in [5, 5.41) is 1.80. The Morgan fingerprint density at radius 3 is 2.81 bits per heavy atom. The molecule has 0 N–H and O–H groups in total. The largest absolute Gasteiger partial charge is 0.385 e. The molecule has 2 fully saturated rings. The molecule has 0 unspecified atom stereocenters. The zero-order valence-corrected chi connectivity index (χ0v) is 16.5. The average Bonchev–Trinajstić information content (AvgIpc) is 2.97. The summed E-state index contributed by atoms with van der Waals surface area (Å²) in [5.41, 5.74) is 1.11. The predicted molar refractivity (Wildman–Crippen MR) is 108 cm³/mol. The number of amides is 1. The standard InChI is InChI=1S/C21H26ClN3O2/c1-27-12-2-9-25-15-21(14-20(25)26)7-10-24(11-8-21)19-6-3-16-13-17(22)4-5-18(16)23-19/h3-6,13H,2,7-12,14-15H2,1H3. The molecule has 0 saturated carbocycles. The maximum atomic E-state index is 12.4. The number of likely N-dealkylation sites (tertiary alicyclic amines) is 1. The van der Waals surface area contributed by atoms with Crippen molar-refractivity contribution < 1.29 is 9.53 Å². The molecule has 2 aliphatic heterocycles. The molecule has 2 aromatic rings. The van der Waals surface area contributed by atoms with Gasteiger partial charge in [-0.05, 0) is 49.6 Å². The number of aromatic nitrogens is 1. The molecule has 2 saturated heterocycles. The summed E-state index contributed by atoms with van der Waals surface area (Å²) in [6.07, 6.45) is 3.69. The average molecular weight is 388 g/mol. The third-order valence-electron chi connectivity index (χ3n) is 5.97. The van der Waals surface area contributed by atoms with Crippen molar-refractivity contribution >= 4 is 34.2 Å². The Morgan fingerprint density at radius 1 is 1.22 bits per heavy atom. The highest BCUT2D eigenvalue weighted by Crippen LogP contribution is 2.41. The number of halogens is 1. The van der Waals surface area contributed by atoms with Crippen LogP contribution in [0.2, 0.25) is 5.02 Å². The zero-order chi connectivity index (χ0) is 18.9. The minimum Gasteiger partial charge on any atom is -0.385 e. The van der Waals surface area contributed by atoms with Crippen molar-refractivity contribution in [3.8, 4) is 0 Å². The van der Waals surface area contributed by atoms with Crippen LogP contribution in [0.3, 0.4) is 0 Å². The minimum absolute atomic E-state index is 0.144. The van der Waals surface area contributed by atoms with Crippen LogP contribution in [0.1, 0.15) is 25.7 Å². The van der Waals surface area contributed by atoms with Gasteiger partial charge < -0.3 is 14.5 Å². The fraction of sp³-hybridized carbons (Fsp3) is 0.524. The van der Waals surface area contributed by atoms with Crippen molar-refractivity contribution in [1.29, 1.82) is 0 Å². The second-order valence-electron chi connectivity index (χ2n) is 7.83. The highest BCUT2D eigenvalue weighted by atomic mass is 35.5. The van der Waals surface area contributed by atoms with Crippen LogP contribution >= 0.6 is 11.6 Å². The Labute approximate surface area is 165 Å². The Balaban J connectivity index is 1.40. The number of rotatable bonds is 5. The summed E-state index contributed by atoms with van der Waals surface area (Å²) in [6, 6.07) is 9.97. The Bertz CT molecular complexity index is 833. The van der Waals surface area contributed by atoms with E-state index in [1.165, 1.54) is 0 Å². The van der Waals surface area contributed by atoms with Crippen molar-refractivity contribution in [3.63, 3.8) is 0 Å². The molecule has 144 valence electrons. The van der Waals surface area contributed by atoms with E-state index in [2.05, 4.69) is 17.0 Å². The Morgan fingerprint density at radius 2 is 2.04 bits per heavy atom. The molecule has 0 radical (unpaired) electrons. The number of piperidine rings is 1. The maximum absolute atomic E-state index is 12.4. The lowest BCUT2D eigenvalue weighted by atomic mass is 9.77. The third-order valence-corrected chi connectivity index (χ3v) is 6.20. The summed E-state index contributed by atoms with van der Waals surface area (Å²) in [4.78, 5) is 21.6. The number of nitrogens with zero attached hydrogens (tertiary/aromatic N) is 3. The lowest BCUT2D eigenvalue weighted by Crippen LogP contribution is -2.42. The molecule has 3 heterocycles. The normalized spacial score (nSPS) is 19.4.